The van der Waals surface area contributed by atoms with Crippen molar-refractivity contribution in [2.75, 3.05) is 6.54 Å². The van der Waals surface area contributed by atoms with Crippen LogP contribution in [0.25, 0.3) is 17.0 Å². The third kappa shape index (κ3) is 7.85. The van der Waals surface area contributed by atoms with Crippen molar-refractivity contribution in [3.8, 4) is 0 Å². The first-order valence-corrected chi connectivity index (χ1v) is 14.3. The minimum Gasteiger partial charge on any atom is -0.480 e. The summed E-state index contributed by atoms with van der Waals surface area (Å²) in [6.45, 7) is 10.3. The van der Waals surface area contributed by atoms with Gasteiger partial charge in [-0.2, -0.15) is 0 Å². The summed E-state index contributed by atoms with van der Waals surface area (Å²) in [5.41, 5.74) is 2.47. The van der Waals surface area contributed by atoms with Gasteiger partial charge in [0, 0.05) is 13.6 Å². The first-order chi connectivity index (χ1) is 20.0. The second-order valence-electron chi connectivity index (χ2n) is 11.9. The van der Waals surface area contributed by atoms with Crippen LogP contribution in [0.15, 0.2) is 29.1 Å². The highest BCUT2D eigenvalue weighted by atomic mass is 16.4. The molecule has 13 nitrogen and oxygen atoms in total. The van der Waals surface area contributed by atoms with Gasteiger partial charge >= 0.3 is 5.97 Å². The van der Waals surface area contributed by atoms with Gasteiger partial charge in [0.1, 0.15) is 30.1 Å². The number of carbonyl (C=O) groups is 4. The predicted molar refractivity (Wildman–Crippen MR) is 160 cm³/mol. The maximum Gasteiger partial charge on any atom is 0.322 e. The molecule has 43 heavy (non-hydrogen) atoms. The molecule has 1 saturated heterocycles. The molecule has 3 rings (SSSR count). The monoisotopic (exact) mass is 598 g/mol. The number of carbonyl (C=O) groups excluding carboxylic acids is 3. The van der Waals surface area contributed by atoms with Gasteiger partial charge in [-0.05, 0) is 64.2 Å². The van der Waals surface area contributed by atoms with Crippen LogP contribution in [0.4, 0.5) is 0 Å². The number of nitrogens with zero attached hydrogens (tertiary/aromatic N) is 3. The summed E-state index contributed by atoms with van der Waals surface area (Å²) in [7, 11) is 1.55. The van der Waals surface area contributed by atoms with Gasteiger partial charge in [0.05, 0.1) is 16.3 Å². The second-order valence-corrected chi connectivity index (χ2v) is 11.9. The van der Waals surface area contributed by atoms with Crippen molar-refractivity contribution in [1.29, 1.82) is 0 Å². The van der Waals surface area contributed by atoms with E-state index >= 15 is 0 Å². The summed E-state index contributed by atoms with van der Waals surface area (Å²) in [6, 6.07) is 2.32. The average Bonchev–Trinajstić information content (AvgIpc) is 2.95. The largest absolute Gasteiger partial charge is 0.480 e. The number of hydrazine groups is 1. The first kappa shape index (κ1) is 33.4. The van der Waals surface area contributed by atoms with Crippen LogP contribution in [0, 0.1) is 11.3 Å². The SMILES string of the molecule is CC(C)[C@H](NC(=O)C(C)(C)/C=C/c1ccc2c(=O)n(C)c([C@@H](C)O)nc2c1)C(=O)N[C@@H](C)C(=O)N1CCC[C@@H](C(=O)O)N1. The molecule has 0 unspecified atom stereocenters. The maximum atomic E-state index is 13.3. The molecule has 0 spiro atoms. The fraction of sp³-hybridized carbons (Fsp3) is 0.533. The van der Waals surface area contributed by atoms with Gasteiger partial charge in [0.15, 0.2) is 0 Å². The van der Waals surface area contributed by atoms with E-state index in [9.17, 15) is 34.2 Å². The van der Waals surface area contributed by atoms with Gasteiger partial charge in [-0.15, -0.1) is 0 Å². The van der Waals surface area contributed by atoms with E-state index in [1.165, 1.54) is 23.4 Å². The summed E-state index contributed by atoms with van der Waals surface area (Å²) in [5.74, 6) is -2.53. The van der Waals surface area contributed by atoms with Crippen molar-refractivity contribution in [3.63, 3.8) is 0 Å². The molecule has 2 aromatic rings. The van der Waals surface area contributed by atoms with E-state index < -0.39 is 53.3 Å². The van der Waals surface area contributed by atoms with Gasteiger partial charge in [0.2, 0.25) is 11.8 Å². The Bertz CT molecular complexity index is 1480. The number of aliphatic hydroxyl groups excluding tert-OH is 1. The molecule has 0 saturated carbocycles. The molecular weight excluding hydrogens is 556 g/mol. The van der Waals surface area contributed by atoms with Gasteiger partial charge in [-0.3, -0.25) is 33.5 Å². The fourth-order valence-electron chi connectivity index (χ4n) is 4.75. The molecule has 3 amide bonds. The van der Waals surface area contributed by atoms with Crippen molar-refractivity contribution in [2.45, 2.75) is 78.6 Å². The second kappa shape index (κ2) is 13.5. The summed E-state index contributed by atoms with van der Waals surface area (Å²) < 4.78 is 1.31. The lowest BCUT2D eigenvalue weighted by molar-refractivity contribution is -0.148. The Morgan fingerprint density at radius 1 is 1.14 bits per heavy atom. The van der Waals surface area contributed by atoms with Crippen LogP contribution in [-0.4, -0.2) is 73.1 Å². The molecule has 0 radical (unpaired) electrons. The zero-order valence-electron chi connectivity index (χ0n) is 25.7. The Morgan fingerprint density at radius 3 is 2.42 bits per heavy atom. The molecule has 1 fully saturated rings. The van der Waals surface area contributed by atoms with Crippen LogP contribution in [0.2, 0.25) is 0 Å². The molecule has 1 aromatic heterocycles. The third-order valence-corrected chi connectivity index (χ3v) is 7.50. The number of aromatic nitrogens is 2. The number of fused-ring (bicyclic) bond motifs is 1. The lowest BCUT2D eigenvalue weighted by Gasteiger charge is -2.34. The molecule has 0 bridgehead atoms. The number of hydrogen-bond acceptors (Lipinski definition) is 8. The molecule has 13 heteroatoms. The highest BCUT2D eigenvalue weighted by molar-refractivity contribution is 5.94. The predicted octanol–water partition coefficient (Wildman–Crippen LogP) is 1.25. The number of hydrogen-bond donors (Lipinski definition) is 5. The van der Waals surface area contributed by atoms with Crippen LogP contribution in [-0.2, 0) is 26.2 Å². The molecule has 5 N–H and O–H groups in total. The van der Waals surface area contributed by atoms with Crippen LogP contribution in [0.3, 0.4) is 0 Å². The van der Waals surface area contributed by atoms with E-state index in [4.69, 9.17) is 0 Å². The highest BCUT2D eigenvalue weighted by Crippen LogP contribution is 2.22. The van der Waals surface area contributed by atoms with Crippen molar-refractivity contribution in [3.05, 3.63) is 46.0 Å². The highest BCUT2D eigenvalue weighted by Gasteiger charge is 2.34. The number of rotatable bonds is 10. The number of nitrogens with one attached hydrogen (secondary N) is 3. The number of carboxylic acids is 1. The van der Waals surface area contributed by atoms with Crippen molar-refractivity contribution < 1.29 is 29.4 Å². The van der Waals surface area contributed by atoms with Crippen molar-refractivity contribution in [2.24, 2.45) is 18.4 Å². The Kier molecular flexibility index (Phi) is 10.5. The van der Waals surface area contributed by atoms with Gasteiger partial charge < -0.3 is 20.8 Å². The number of amides is 3. The summed E-state index contributed by atoms with van der Waals surface area (Å²) in [5, 5.41) is 26.3. The van der Waals surface area contributed by atoms with Crippen molar-refractivity contribution >= 4 is 40.7 Å². The third-order valence-electron chi connectivity index (χ3n) is 7.50. The van der Waals surface area contributed by atoms with E-state index in [0.29, 0.717) is 35.9 Å². The van der Waals surface area contributed by atoms with Crippen LogP contribution in [0.5, 0.6) is 0 Å². The van der Waals surface area contributed by atoms with Crippen molar-refractivity contribution in [1.82, 2.24) is 30.6 Å². The molecule has 1 aromatic carbocycles. The summed E-state index contributed by atoms with van der Waals surface area (Å²) >= 11 is 0. The Balaban J connectivity index is 1.70. The Hall–Kier alpha value is -4.10. The van der Waals surface area contributed by atoms with E-state index in [1.54, 1.807) is 65.1 Å². The van der Waals surface area contributed by atoms with Gasteiger partial charge in [-0.25, -0.2) is 10.4 Å². The van der Waals surface area contributed by atoms with Crippen LogP contribution < -0.4 is 21.6 Å². The lowest BCUT2D eigenvalue weighted by atomic mass is 9.89. The molecule has 234 valence electrons. The van der Waals surface area contributed by atoms with Gasteiger partial charge in [-0.1, -0.05) is 32.1 Å². The average molecular weight is 599 g/mol. The Morgan fingerprint density at radius 2 is 1.81 bits per heavy atom. The minimum absolute atomic E-state index is 0.240. The maximum absolute atomic E-state index is 13.3. The minimum atomic E-state index is -1.05. The fourth-order valence-corrected chi connectivity index (χ4v) is 4.75. The molecule has 1 aliphatic heterocycles. The zero-order valence-corrected chi connectivity index (χ0v) is 25.7. The van der Waals surface area contributed by atoms with E-state index in [-0.39, 0.29) is 17.3 Å². The Labute approximate surface area is 250 Å². The van der Waals surface area contributed by atoms with E-state index in [2.05, 4.69) is 21.0 Å². The number of carboxylic acid groups (broad SMARTS) is 1. The topological polar surface area (TPSA) is 183 Å². The van der Waals surface area contributed by atoms with E-state index in [1.807, 2.05) is 0 Å². The van der Waals surface area contributed by atoms with Crippen LogP contribution >= 0.6 is 0 Å². The quantitative estimate of drug-likeness (QED) is 0.269. The van der Waals surface area contributed by atoms with Crippen LogP contribution in [0.1, 0.15) is 71.9 Å². The lowest BCUT2D eigenvalue weighted by Crippen LogP contribution is -2.61. The number of aliphatic carboxylic acids is 1. The normalized spacial score (nSPS) is 18.0. The smallest absolute Gasteiger partial charge is 0.322 e. The van der Waals surface area contributed by atoms with E-state index in [0.717, 1.165) is 0 Å². The molecule has 0 aliphatic carbocycles. The van der Waals surface area contributed by atoms with Gasteiger partial charge in [0.25, 0.3) is 11.5 Å². The standard InChI is InChI=1S/C30H42N6O7/c1-16(2)23(25(38)31-17(3)26(39)36-14-8-9-21(34-36)28(41)42)33-29(43)30(5,6)13-12-19-10-11-20-22(15-19)32-24(18(4)37)35(7)27(20)40/h10-13,15-18,21,23,34,37H,8-9,14H2,1-7H3,(H,31,38)(H,33,43)(H,41,42)/b13-12+/t17-,18+,21-,23-/m0/s1. The first-order valence-electron chi connectivity index (χ1n) is 14.3. The summed E-state index contributed by atoms with van der Waals surface area (Å²) in [6.07, 6.45) is 3.39. The molecular formula is C30H42N6O7. The summed E-state index contributed by atoms with van der Waals surface area (Å²) in [4.78, 5) is 67.8. The molecule has 2 heterocycles. The zero-order chi connectivity index (χ0) is 32.2. The molecule has 1 aliphatic rings. The molecule has 4 atom stereocenters. The number of benzene rings is 1. The number of aliphatic hydroxyl groups is 1.